The molecule has 23 heavy (non-hydrogen) atoms. The third-order valence-electron chi connectivity index (χ3n) is 4.60. The Morgan fingerprint density at radius 2 is 1.65 bits per heavy atom. The largest absolute Gasteiger partial charge is 0.463 e. The highest BCUT2D eigenvalue weighted by atomic mass is 16.6. The van der Waals surface area contributed by atoms with E-state index in [0.717, 1.165) is 19.3 Å². The minimum atomic E-state index is -1.01. The maximum absolute atomic E-state index is 12.2. The Morgan fingerprint density at radius 3 is 2.22 bits per heavy atom. The quantitative estimate of drug-likeness (QED) is 0.377. The predicted octanol–water partition coefficient (Wildman–Crippen LogP) is 4.94. The van der Waals surface area contributed by atoms with E-state index in [9.17, 15) is 9.59 Å². The molecule has 0 radical (unpaired) electrons. The lowest BCUT2D eigenvalue weighted by Gasteiger charge is -2.34. The summed E-state index contributed by atoms with van der Waals surface area (Å²) >= 11 is 0. The fraction of sp³-hybridized carbons (Fsp3) is 0.895. The highest BCUT2D eigenvalue weighted by Crippen LogP contribution is 2.32. The Bertz CT molecular complexity index is 353. The zero-order valence-corrected chi connectivity index (χ0v) is 15.0. The molecule has 0 aromatic carbocycles. The second-order valence-corrected chi connectivity index (χ2v) is 6.62. The molecule has 1 rings (SSSR count). The van der Waals surface area contributed by atoms with Gasteiger partial charge in [-0.15, -0.1) is 0 Å². The van der Waals surface area contributed by atoms with Gasteiger partial charge in [-0.05, 0) is 32.6 Å². The molecular weight excluding hydrogens is 292 g/mol. The Balaban J connectivity index is 2.26. The SMILES string of the molecule is CCCCCCCCCCCC1(C(=O)OCC)CCCC(=O)O1. The Morgan fingerprint density at radius 1 is 1.04 bits per heavy atom. The van der Waals surface area contributed by atoms with Gasteiger partial charge in [-0.3, -0.25) is 4.79 Å². The zero-order valence-electron chi connectivity index (χ0n) is 15.0. The van der Waals surface area contributed by atoms with Crippen molar-refractivity contribution in [1.82, 2.24) is 0 Å². The molecule has 0 aliphatic carbocycles. The molecule has 1 fully saturated rings. The molecular formula is C19H34O4. The average Bonchev–Trinajstić information content (AvgIpc) is 2.53. The molecule has 0 spiro atoms. The minimum Gasteiger partial charge on any atom is -0.463 e. The highest BCUT2D eigenvalue weighted by Gasteiger charge is 2.45. The van der Waals surface area contributed by atoms with Gasteiger partial charge in [0.25, 0.3) is 0 Å². The molecule has 1 atom stereocenters. The summed E-state index contributed by atoms with van der Waals surface area (Å²) in [5, 5.41) is 0. The van der Waals surface area contributed by atoms with Crippen molar-refractivity contribution in [2.24, 2.45) is 0 Å². The number of carbonyl (C=O) groups is 2. The van der Waals surface area contributed by atoms with Crippen molar-refractivity contribution in [3.63, 3.8) is 0 Å². The van der Waals surface area contributed by atoms with E-state index in [1.165, 1.54) is 44.9 Å². The van der Waals surface area contributed by atoms with Gasteiger partial charge in [0.15, 0.2) is 0 Å². The molecule has 134 valence electrons. The fourth-order valence-corrected chi connectivity index (χ4v) is 3.24. The van der Waals surface area contributed by atoms with Crippen LogP contribution in [0.25, 0.3) is 0 Å². The summed E-state index contributed by atoms with van der Waals surface area (Å²) in [6, 6.07) is 0. The number of esters is 2. The van der Waals surface area contributed by atoms with E-state index in [-0.39, 0.29) is 11.9 Å². The van der Waals surface area contributed by atoms with Crippen LogP contribution in [-0.4, -0.2) is 24.1 Å². The molecule has 0 saturated carbocycles. The summed E-state index contributed by atoms with van der Waals surface area (Å²) in [6.45, 7) is 4.35. The Kier molecular flexibility index (Phi) is 9.97. The minimum absolute atomic E-state index is 0.264. The third kappa shape index (κ3) is 7.36. The van der Waals surface area contributed by atoms with Crippen molar-refractivity contribution in [3.8, 4) is 0 Å². The zero-order chi connectivity index (χ0) is 17.0. The van der Waals surface area contributed by atoms with Crippen LogP contribution in [0, 0.1) is 0 Å². The molecule has 0 aromatic heterocycles. The van der Waals surface area contributed by atoms with Crippen molar-refractivity contribution in [3.05, 3.63) is 0 Å². The van der Waals surface area contributed by atoms with E-state index < -0.39 is 5.60 Å². The van der Waals surface area contributed by atoms with E-state index >= 15 is 0 Å². The summed E-state index contributed by atoms with van der Waals surface area (Å²) in [5.74, 6) is -0.618. The smallest absolute Gasteiger partial charge is 0.350 e. The number of unbranched alkanes of at least 4 members (excludes halogenated alkanes) is 8. The van der Waals surface area contributed by atoms with Crippen LogP contribution in [0.3, 0.4) is 0 Å². The van der Waals surface area contributed by atoms with E-state index in [0.29, 0.717) is 25.9 Å². The van der Waals surface area contributed by atoms with Crippen LogP contribution in [0.2, 0.25) is 0 Å². The van der Waals surface area contributed by atoms with Gasteiger partial charge in [0.1, 0.15) is 0 Å². The van der Waals surface area contributed by atoms with Crippen LogP contribution in [-0.2, 0) is 19.1 Å². The summed E-state index contributed by atoms with van der Waals surface area (Å²) < 4.78 is 10.6. The standard InChI is InChI=1S/C19H34O4/c1-3-5-6-7-8-9-10-11-12-15-19(18(21)22-4-2)16-13-14-17(20)23-19/h3-16H2,1-2H3. The van der Waals surface area contributed by atoms with Gasteiger partial charge >= 0.3 is 11.9 Å². The normalized spacial score (nSPS) is 21.0. The van der Waals surface area contributed by atoms with E-state index in [4.69, 9.17) is 9.47 Å². The molecule has 0 N–H and O–H groups in total. The molecule has 0 amide bonds. The summed E-state index contributed by atoms with van der Waals surface area (Å²) in [5.41, 5.74) is -1.01. The summed E-state index contributed by atoms with van der Waals surface area (Å²) in [7, 11) is 0. The molecule has 1 aliphatic rings. The molecule has 0 aromatic rings. The number of cyclic esters (lactones) is 1. The van der Waals surface area contributed by atoms with Gasteiger partial charge in [0, 0.05) is 6.42 Å². The molecule has 0 bridgehead atoms. The maximum atomic E-state index is 12.2. The van der Waals surface area contributed by atoms with E-state index in [2.05, 4.69) is 6.92 Å². The van der Waals surface area contributed by atoms with Crippen LogP contribution < -0.4 is 0 Å². The Labute approximate surface area is 141 Å². The number of rotatable bonds is 12. The number of hydrogen-bond donors (Lipinski definition) is 0. The van der Waals surface area contributed by atoms with Crippen LogP contribution >= 0.6 is 0 Å². The first-order chi connectivity index (χ1) is 11.1. The van der Waals surface area contributed by atoms with Gasteiger partial charge in [-0.2, -0.15) is 0 Å². The van der Waals surface area contributed by atoms with Crippen molar-refractivity contribution < 1.29 is 19.1 Å². The topological polar surface area (TPSA) is 52.6 Å². The van der Waals surface area contributed by atoms with Crippen LogP contribution in [0.15, 0.2) is 0 Å². The van der Waals surface area contributed by atoms with Crippen molar-refractivity contribution in [2.75, 3.05) is 6.61 Å². The van der Waals surface area contributed by atoms with Crippen LogP contribution in [0.5, 0.6) is 0 Å². The van der Waals surface area contributed by atoms with Gasteiger partial charge in [0.2, 0.25) is 5.60 Å². The molecule has 1 heterocycles. The first kappa shape index (κ1) is 20.0. The summed E-state index contributed by atoms with van der Waals surface area (Å²) in [4.78, 5) is 23.9. The lowest BCUT2D eigenvalue weighted by Crippen LogP contribution is -2.47. The average molecular weight is 326 g/mol. The highest BCUT2D eigenvalue weighted by molar-refractivity contribution is 5.84. The van der Waals surface area contributed by atoms with Gasteiger partial charge in [-0.1, -0.05) is 58.3 Å². The lowest BCUT2D eigenvalue weighted by molar-refractivity contribution is -0.190. The molecule has 4 heteroatoms. The third-order valence-corrected chi connectivity index (χ3v) is 4.60. The van der Waals surface area contributed by atoms with Crippen LogP contribution in [0.4, 0.5) is 0 Å². The summed E-state index contributed by atoms with van der Waals surface area (Å²) in [6.07, 6.45) is 13.4. The molecule has 1 saturated heterocycles. The first-order valence-electron chi connectivity index (χ1n) is 9.53. The lowest BCUT2D eigenvalue weighted by atomic mass is 9.88. The maximum Gasteiger partial charge on any atom is 0.350 e. The molecule has 1 unspecified atom stereocenters. The van der Waals surface area contributed by atoms with Crippen LogP contribution in [0.1, 0.15) is 97.3 Å². The predicted molar refractivity (Wildman–Crippen MR) is 91.2 cm³/mol. The number of carbonyl (C=O) groups excluding carboxylic acids is 2. The number of hydrogen-bond acceptors (Lipinski definition) is 4. The molecule has 1 aliphatic heterocycles. The number of ether oxygens (including phenoxy) is 2. The van der Waals surface area contributed by atoms with E-state index in [1.807, 2.05) is 0 Å². The molecule has 4 nitrogen and oxygen atoms in total. The second-order valence-electron chi connectivity index (χ2n) is 6.62. The van der Waals surface area contributed by atoms with E-state index in [1.54, 1.807) is 6.92 Å². The first-order valence-corrected chi connectivity index (χ1v) is 9.53. The fourth-order valence-electron chi connectivity index (χ4n) is 3.24. The van der Waals surface area contributed by atoms with Gasteiger partial charge in [-0.25, -0.2) is 4.79 Å². The van der Waals surface area contributed by atoms with Crippen molar-refractivity contribution >= 4 is 11.9 Å². The second kappa shape index (κ2) is 11.5. The Hall–Kier alpha value is -1.06. The van der Waals surface area contributed by atoms with Crippen molar-refractivity contribution in [2.45, 2.75) is 103 Å². The monoisotopic (exact) mass is 326 g/mol. The van der Waals surface area contributed by atoms with Crippen molar-refractivity contribution in [1.29, 1.82) is 0 Å². The van der Waals surface area contributed by atoms with Gasteiger partial charge in [0.05, 0.1) is 6.61 Å². The van der Waals surface area contributed by atoms with Gasteiger partial charge < -0.3 is 9.47 Å².